The monoisotopic (exact) mass is 232 g/mol. The molecule has 0 aromatic carbocycles. The number of hydrogen-bond acceptors (Lipinski definition) is 5. The van der Waals surface area contributed by atoms with E-state index in [0.717, 1.165) is 19.3 Å². The Bertz CT molecular complexity index is 443. The first kappa shape index (κ1) is 11.7. The van der Waals surface area contributed by atoms with Gasteiger partial charge < -0.3 is 16.2 Å². The van der Waals surface area contributed by atoms with Gasteiger partial charge in [0.05, 0.1) is 12.3 Å². The molecule has 0 unspecified atom stereocenters. The third-order valence-electron chi connectivity index (χ3n) is 3.50. The van der Waals surface area contributed by atoms with Crippen LogP contribution in [0.3, 0.4) is 0 Å². The van der Waals surface area contributed by atoms with Crippen LogP contribution in [0.25, 0.3) is 0 Å². The van der Waals surface area contributed by atoms with Gasteiger partial charge in [0.2, 0.25) is 0 Å². The summed E-state index contributed by atoms with van der Waals surface area (Å²) in [5, 5.41) is 21.5. The Balaban J connectivity index is 2.09. The molecule has 17 heavy (non-hydrogen) atoms. The molecular formula is C12H16N4O. The van der Waals surface area contributed by atoms with E-state index in [2.05, 4.69) is 10.3 Å². The highest BCUT2D eigenvalue weighted by molar-refractivity contribution is 5.66. The maximum Gasteiger partial charge on any atom is 0.143 e. The number of pyridine rings is 1. The molecule has 0 atom stereocenters. The average Bonchev–Trinajstić information content (AvgIpc) is 2.28. The van der Waals surface area contributed by atoms with Crippen LogP contribution in [0.5, 0.6) is 0 Å². The van der Waals surface area contributed by atoms with Crippen molar-refractivity contribution in [2.45, 2.75) is 19.3 Å². The first-order valence-electron chi connectivity index (χ1n) is 5.70. The summed E-state index contributed by atoms with van der Waals surface area (Å²) in [6, 6.07) is 3.78. The number of nitrogens with zero attached hydrogens (tertiary/aromatic N) is 2. The number of rotatable bonds is 4. The lowest BCUT2D eigenvalue weighted by Crippen LogP contribution is -2.39. The molecule has 0 aliphatic heterocycles. The Morgan fingerprint density at radius 2 is 2.35 bits per heavy atom. The molecule has 1 heterocycles. The van der Waals surface area contributed by atoms with E-state index >= 15 is 0 Å². The van der Waals surface area contributed by atoms with E-state index in [-0.39, 0.29) is 17.8 Å². The number of nitrogens with one attached hydrogen (secondary N) is 1. The Hall–Kier alpha value is -1.80. The van der Waals surface area contributed by atoms with Gasteiger partial charge in [0.15, 0.2) is 0 Å². The largest absolute Gasteiger partial charge is 0.396 e. The van der Waals surface area contributed by atoms with Gasteiger partial charge in [-0.15, -0.1) is 0 Å². The molecule has 0 saturated heterocycles. The number of anilines is 2. The van der Waals surface area contributed by atoms with Crippen molar-refractivity contribution in [3.63, 3.8) is 0 Å². The molecule has 0 radical (unpaired) electrons. The van der Waals surface area contributed by atoms with Gasteiger partial charge in [-0.25, -0.2) is 4.98 Å². The molecule has 1 fully saturated rings. The highest BCUT2D eigenvalue weighted by Gasteiger charge is 2.36. The first-order chi connectivity index (χ1) is 8.21. The van der Waals surface area contributed by atoms with Crippen LogP contribution >= 0.6 is 0 Å². The fraction of sp³-hybridized carbons (Fsp3) is 0.500. The van der Waals surface area contributed by atoms with Gasteiger partial charge >= 0.3 is 0 Å². The lowest BCUT2D eigenvalue weighted by Gasteiger charge is -2.40. The Kier molecular flexibility index (Phi) is 3.16. The minimum atomic E-state index is -0.0231. The van der Waals surface area contributed by atoms with Crippen LogP contribution in [0.15, 0.2) is 12.3 Å². The zero-order valence-electron chi connectivity index (χ0n) is 9.61. The van der Waals surface area contributed by atoms with Crippen molar-refractivity contribution in [2.24, 2.45) is 5.41 Å². The van der Waals surface area contributed by atoms with E-state index in [9.17, 15) is 5.11 Å². The van der Waals surface area contributed by atoms with Crippen molar-refractivity contribution in [3.8, 4) is 6.07 Å². The second-order valence-corrected chi connectivity index (χ2v) is 4.60. The minimum absolute atomic E-state index is 0.0231. The molecule has 1 aromatic heterocycles. The van der Waals surface area contributed by atoms with Gasteiger partial charge in [-0.1, -0.05) is 6.42 Å². The summed E-state index contributed by atoms with van der Waals surface area (Å²) in [5.74, 6) is 0.240. The van der Waals surface area contributed by atoms with Crippen molar-refractivity contribution in [1.82, 2.24) is 4.98 Å². The Morgan fingerprint density at radius 3 is 2.88 bits per heavy atom. The summed E-state index contributed by atoms with van der Waals surface area (Å²) in [6.45, 7) is 0.851. The number of nitriles is 1. The van der Waals surface area contributed by atoms with E-state index in [1.54, 1.807) is 12.3 Å². The lowest BCUT2D eigenvalue weighted by molar-refractivity contribution is 0.0576. The van der Waals surface area contributed by atoms with Crippen molar-refractivity contribution in [2.75, 3.05) is 24.2 Å². The van der Waals surface area contributed by atoms with Gasteiger partial charge in [0, 0.05) is 18.2 Å². The molecular weight excluding hydrogens is 216 g/mol. The average molecular weight is 232 g/mol. The van der Waals surface area contributed by atoms with Crippen molar-refractivity contribution in [3.05, 3.63) is 17.8 Å². The summed E-state index contributed by atoms with van der Waals surface area (Å²) >= 11 is 0. The van der Waals surface area contributed by atoms with E-state index in [4.69, 9.17) is 11.0 Å². The van der Waals surface area contributed by atoms with E-state index < -0.39 is 0 Å². The molecule has 0 amide bonds. The zero-order valence-corrected chi connectivity index (χ0v) is 9.61. The third-order valence-corrected chi connectivity index (χ3v) is 3.50. The van der Waals surface area contributed by atoms with Crippen molar-refractivity contribution < 1.29 is 5.11 Å². The molecule has 0 bridgehead atoms. The molecule has 1 aromatic rings. The van der Waals surface area contributed by atoms with Gasteiger partial charge in [-0.2, -0.15) is 5.26 Å². The maximum atomic E-state index is 9.35. The van der Waals surface area contributed by atoms with Crippen LogP contribution in [-0.4, -0.2) is 23.2 Å². The first-order valence-corrected chi connectivity index (χ1v) is 5.70. The van der Waals surface area contributed by atoms with Crippen LogP contribution in [0, 0.1) is 16.7 Å². The predicted molar refractivity (Wildman–Crippen MR) is 65.2 cm³/mol. The predicted octanol–water partition coefficient (Wildman–Crippen LogP) is 1.11. The summed E-state index contributed by atoms with van der Waals surface area (Å²) < 4.78 is 0. The number of aliphatic hydroxyl groups excluding tert-OH is 1. The van der Waals surface area contributed by atoms with E-state index in [1.807, 2.05) is 6.07 Å². The Morgan fingerprint density at radius 1 is 1.59 bits per heavy atom. The topological polar surface area (TPSA) is 95.0 Å². The summed E-state index contributed by atoms with van der Waals surface area (Å²) in [4.78, 5) is 3.88. The van der Waals surface area contributed by atoms with Crippen LogP contribution < -0.4 is 11.1 Å². The van der Waals surface area contributed by atoms with E-state index in [1.165, 1.54) is 0 Å². The standard InChI is InChI=1S/C12H16N4O/c13-6-9-10(2-5-15-11(9)14)16-7-12(8-17)3-1-4-12/h2,5,17H,1,3-4,7-8H2,(H3,14,15,16). The van der Waals surface area contributed by atoms with Crippen LogP contribution in [-0.2, 0) is 0 Å². The number of nitrogens with two attached hydrogens (primary N) is 1. The SMILES string of the molecule is N#Cc1c(NCC2(CO)CCC2)ccnc1N. The zero-order chi connectivity index (χ0) is 12.3. The van der Waals surface area contributed by atoms with Crippen molar-refractivity contribution in [1.29, 1.82) is 5.26 Å². The molecule has 1 aliphatic rings. The smallest absolute Gasteiger partial charge is 0.143 e. The minimum Gasteiger partial charge on any atom is -0.396 e. The molecule has 5 heteroatoms. The van der Waals surface area contributed by atoms with Gasteiger partial charge in [0.1, 0.15) is 17.5 Å². The second kappa shape index (κ2) is 4.60. The quantitative estimate of drug-likeness (QED) is 0.722. The second-order valence-electron chi connectivity index (χ2n) is 4.60. The van der Waals surface area contributed by atoms with Crippen molar-refractivity contribution >= 4 is 11.5 Å². The molecule has 5 nitrogen and oxygen atoms in total. The lowest BCUT2D eigenvalue weighted by atomic mass is 9.69. The summed E-state index contributed by atoms with van der Waals surface area (Å²) in [7, 11) is 0. The number of nitrogen functional groups attached to an aromatic ring is 1. The number of aromatic nitrogens is 1. The fourth-order valence-electron chi connectivity index (χ4n) is 2.09. The molecule has 2 rings (SSSR count). The van der Waals surface area contributed by atoms with Crippen LogP contribution in [0.2, 0.25) is 0 Å². The highest BCUT2D eigenvalue weighted by atomic mass is 16.3. The third kappa shape index (κ3) is 2.17. The normalized spacial score (nSPS) is 16.9. The Labute approximate surface area is 100 Å². The van der Waals surface area contributed by atoms with E-state index in [0.29, 0.717) is 17.8 Å². The van der Waals surface area contributed by atoms with Crippen LogP contribution in [0.4, 0.5) is 11.5 Å². The molecule has 4 N–H and O–H groups in total. The van der Waals surface area contributed by atoms with Gasteiger partial charge in [-0.05, 0) is 18.9 Å². The number of hydrogen-bond donors (Lipinski definition) is 3. The molecule has 1 saturated carbocycles. The molecule has 90 valence electrons. The highest BCUT2D eigenvalue weighted by Crippen LogP contribution is 2.40. The van der Waals surface area contributed by atoms with Gasteiger partial charge in [0.25, 0.3) is 0 Å². The maximum absolute atomic E-state index is 9.35. The summed E-state index contributed by atoms with van der Waals surface area (Å²) in [6.07, 6.45) is 4.79. The molecule has 1 aliphatic carbocycles. The fourth-order valence-corrected chi connectivity index (χ4v) is 2.09. The van der Waals surface area contributed by atoms with Gasteiger partial charge in [-0.3, -0.25) is 0 Å². The van der Waals surface area contributed by atoms with Crippen LogP contribution in [0.1, 0.15) is 24.8 Å². The summed E-state index contributed by atoms with van der Waals surface area (Å²) in [5.41, 5.74) is 6.67. The molecule has 0 spiro atoms. The number of aliphatic hydroxyl groups is 1.